The summed E-state index contributed by atoms with van der Waals surface area (Å²) >= 11 is 6.19. The highest BCUT2D eigenvalue weighted by molar-refractivity contribution is 7.90. The molecule has 0 aliphatic carbocycles. The van der Waals surface area contributed by atoms with Gasteiger partial charge in [-0.05, 0) is 43.4 Å². The first kappa shape index (κ1) is 18.3. The lowest BCUT2D eigenvalue weighted by Crippen LogP contribution is -2.42. The van der Waals surface area contributed by atoms with E-state index in [1.165, 1.54) is 6.26 Å². The Balaban J connectivity index is 1.73. The van der Waals surface area contributed by atoms with E-state index >= 15 is 0 Å². The van der Waals surface area contributed by atoms with Crippen LogP contribution in [0.5, 0.6) is 0 Å². The molecule has 0 bridgehead atoms. The summed E-state index contributed by atoms with van der Waals surface area (Å²) in [6, 6.07) is 3.70. The van der Waals surface area contributed by atoms with Gasteiger partial charge in [-0.2, -0.15) is 0 Å². The van der Waals surface area contributed by atoms with Crippen LogP contribution in [0.15, 0.2) is 22.8 Å². The van der Waals surface area contributed by atoms with E-state index in [-0.39, 0.29) is 24.0 Å². The molecule has 3 rings (SSSR count). The fraction of sp³-hybridized carbons (Fsp3) is 0.500. The average molecular weight is 384 g/mol. The molecule has 25 heavy (non-hydrogen) atoms. The van der Waals surface area contributed by atoms with Gasteiger partial charge in [0.05, 0.1) is 18.4 Å². The molecule has 0 N–H and O–H groups in total. The molecule has 1 atom stereocenters. The molecule has 1 aliphatic rings. The van der Waals surface area contributed by atoms with Crippen LogP contribution in [0.1, 0.15) is 24.0 Å². The number of likely N-dealkylation sites (tertiary alicyclic amines) is 1. The summed E-state index contributed by atoms with van der Waals surface area (Å²) in [7, 11) is -3.03. The number of hydrogen-bond donors (Lipinski definition) is 0. The van der Waals surface area contributed by atoms with Gasteiger partial charge < -0.3 is 9.32 Å². The van der Waals surface area contributed by atoms with Crippen LogP contribution in [0.25, 0.3) is 11.0 Å². The van der Waals surface area contributed by atoms with E-state index in [9.17, 15) is 13.2 Å². The third kappa shape index (κ3) is 4.36. The van der Waals surface area contributed by atoms with Crippen LogP contribution in [0, 0.1) is 12.8 Å². The van der Waals surface area contributed by atoms with Crippen molar-refractivity contribution in [2.75, 3.05) is 25.1 Å². The van der Waals surface area contributed by atoms with Crippen molar-refractivity contribution in [1.29, 1.82) is 0 Å². The standard InChI is InChI=1S/C18H22ClNO4S/c1-12-6-17-15(8-16(12)19)14(10-24-17)7-18(21)20-5-3-4-13(9-20)11-25(2,22)23/h6,8,10,13H,3-5,7,9,11H2,1-2H3/t13-/m1/s1. The summed E-state index contributed by atoms with van der Waals surface area (Å²) in [5.41, 5.74) is 2.46. The number of carbonyl (C=O) groups excluding carboxylic acids is 1. The molecule has 1 saturated heterocycles. The van der Waals surface area contributed by atoms with E-state index in [1.807, 2.05) is 19.1 Å². The number of sulfone groups is 1. The van der Waals surface area contributed by atoms with Crippen molar-refractivity contribution in [3.63, 3.8) is 0 Å². The second kappa shape index (κ2) is 7.00. The lowest BCUT2D eigenvalue weighted by Gasteiger charge is -2.32. The van der Waals surface area contributed by atoms with Crippen LogP contribution in [0.3, 0.4) is 0 Å². The average Bonchev–Trinajstić information content (AvgIpc) is 2.88. The summed E-state index contributed by atoms with van der Waals surface area (Å²) in [4.78, 5) is 14.4. The van der Waals surface area contributed by atoms with Crippen LogP contribution in [0.2, 0.25) is 5.02 Å². The van der Waals surface area contributed by atoms with Gasteiger partial charge in [0.25, 0.3) is 0 Å². The van der Waals surface area contributed by atoms with Crippen LogP contribution in [-0.4, -0.2) is 44.3 Å². The van der Waals surface area contributed by atoms with Crippen molar-refractivity contribution in [3.05, 3.63) is 34.5 Å². The summed E-state index contributed by atoms with van der Waals surface area (Å²) in [6.07, 6.45) is 4.77. The fourth-order valence-corrected chi connectivity index (χ4v) is 4.76. The number of aryl methyl sites for hydroxylation is 1. The molecular weight excluding hydrogens is 362 g/mol. The van der Waals surface area contributed by atoms with Gasteiger partial charge in [0.15, 0.2) is 0 Å². The van der Waals surface area contributed by atoms with Crippen LogP contribution in [0.4, 0.5) is 0 Å². The normalized spacial score (nSPS) is 18.7. The third-order valence-electron chi connectivity index (χ3n) is 4.69. The minimum Gasteiger partial charge on any atom is -0.464 e. The van der Waals surface area contributed by atoms with Crippen molar-refractivity contribution in [2.24, 2.45) is 5.92 Å². The van der Waals surface area contributed by atoms with Crippen LogP contribution in [-0.2, 0) is 21.1 Å². The highest BCUT2D eigenvalue weighted by atomic mass is 35.5. The lowest BCUT2D eigenvalue weighted by molar-refractivity contribution is -0.132. The molecule has 0 unspecified atom stereocenters. The molecule has 0 saturated carbocycles. The molecule has 7 heteroatoms. The zero-order valence-corrected chi connectivity index (χ0v) is 16.0. The first-order valence-electron chi connectivity index (χ1n) is 8.34. The van der Waals surface area contributed by atoms with E-state index in [1.54, 1.807) is 11.2 Å². The van der Waals surface area contributed by atoms with Gasteiger partial charge in [0, 0.05) is 35.3 Å². The monoisotopic (exact) mass is 383 g/mol. The second-order valence-electron chi connectivity index (χ2n) is 6.98. The first-order valence-corrected chi connectivity index (χ1v) is 10.8. The molecular formula is C18H22ClNO4S. The highest BCUT2D eigenvalue weighted by Gasteiger charge is 2.26. The number of furan rings is 1. The maximum atomic E-state index is 12.7. The van der Waals surface area contributed by atoms with E-state index in [4.69, 9.17) is 16.0 Å². The molecule has 1 fully saturated rings. The van der Waals surface area contributed by atoms with Gasteiger partial charge in [0.1, 0.15) is 15.4 Å². The van der Waals surface area contributed by atoms with Gasteiger partial charge >= 0.3 is 0 Å². The Labute approximate surface area is 152 Å². The van der Waals surface area contributed by atoms with Crippen molar-refractivity contribution < 1.29 is 17.6 Å². The van der Waals surface area contributed by atoms with Gasteiger partial charge in [-0.3, -0.25) is 4.79 Å². The minimum atomic E-state index is -3.03. The summed E-state index contributed by atoms with van der Waals surface area (Å²) in [5.74, 6) is 0.156. The Morgan fingerprint density at radius 2 is 2.16 bits per heavy atom. The number of nitrogens with zero attached hydrogens (tertiary/aromatic N) is 1. The Bertz CT molecular complexity index is 903. The van der Waals surface area contributed by atoms with E-state index in [0.29, 0.717) is 18.1 Å². The van der Waals surface area contributed by atoms with Gasteiger partial charge in [-0.15, -0.1) is 0 Å². The molecule has 0 spiro atoms. The van der Waals surface area contributed by atoms with Gasteiger partial charge in [-0.1, -0.05) is 11.6 Å². The Hall–Kier alpha value is -1.53. The molecule has 0 radical (unpaired) electrons. The van der Waals surface area contributed by atoms with Crippen molar-refractivity contribution in [2.45, 2.75) is 26.2 Å². The van der Waals surface area contributed by atoms with Crippen molar-refractivity contribution in [3.8, 4) is 0 Å². The lowest BCUT2D eigenvalue weighted by atomic mass is 9.99. The summed E-state index contributed by atoms with van der Waals surface area (Å²) in [6.45, 7) is 3.08. The summed E-state index contributed by atoms with van der Waals surface area (Å²) < 4.78 is 28.6. The second-order valence-corrected chi connectivity index (χ2v) is 9.57. The van der Waals surface area contributed by atoms with Crippen LogP contribution < -0.4 is 0 Å². The summed E-state index contributed by atoms with van der Waals surface area (Å²) in [5, 5.41) is 1.50. The molecule has 136 valence electrons. The van der Waals surface area contributed by atoms with E-state index in [0.717, 1.165) is 34.9 Å². The quantitative estimate of drug-likeness (QED) is 0.812. The Morgan fingerprint density at radius 3 is 2.88 bits per heavy atom. The van der Waals surface area contributed by atoms with Crippen molar-refractivity contribution >= 4 is 38.3 Å². The number of amides is 1. The third-order valence-corrected chi connectivity index (χ3v) is 6.17. The molecule has 1 aliphatic heterocycles. The van der Waals surface area contributed by atoms with Crippen LogP contribution >= 0.6 is 11.6 Å². The smallest absolute Gasteiger partial charge is 0.227 e. The van der Waals surface area contributed by atoms with E-state index < -0.39 is 9.84 Å². The highest BCUT2D eigenvalue weighted by Crippen LogP contribution is 2.28. The van der Waals surface area contributed by atoms with Gasteiger partial charge in [0.2, 0.25) is 5.91 Å². The Morgan fingerprint density at radius 1 is 1.40 bits per heavy atom. The number of piperidine rings is 1. The first-order chi connectivity index (χ1) is 11.7. The maximum absolute atomic E-state index is 12.7. The number of benzene rings is 1. The zero-order chi connectivity index (χ0) is 18.2. The number of fused-ring (bicyclic) bond motifs is 1. The predicted molar refractivity (Wildman–Crippen MR) is 98.7 cm³/mol. The number of hydrogen-bond acceptors (Lipinski definition) is 4. The van der Waals surface area contributed by atoms with Gasteiger partial charge in [-0.25, -0.2) is 8.42 Å². The number of carbonyl (C=O) groups is 1. The van der Waals surface area contributed by atoms with Crippen molar-refractivity contribution in [1.82, 2.24) is 4.90 Å². The largest absolute Gasteiger partial charge is 0.464 e. The molecule has 2 aromatic rings. The topological polar surface area (TPSA) is 67.6 Å². The number of halogens is 1. The van der Waals surface area contributed by atoms with E-state index in [2.05, 4.69) is 0 Å². The molecule has 5 nitrogen and oxygen atoms in total. The fourth-order valence-electron chi connectivity index (χ4n) is 3.47. The maximum Gasteiger partial charge on any atom is 0.227 e. The minimum absolute atomic E-state index is 0.00222. The molecule has 1 aromatic heterocycles. The molecule has 1 aromatic carbocycles. The molecule has 2 heterocycles. The SMILES string of the molecule is Cc1cc2occ(CC(=O)N3CCC[C@@H](CS(C)(=O)=O)C3)c2cc1Cl. The Kier molecular flexibility index (Phi) is 5.11. The predicted octanol–water partition coefficient (Wildman–Crippen LogP) is 3.22. The number of rotatable bonds is 4. The zero-order valence-electron chi connectivity index (χ0n) is 14.4. The molecule has 1 amide bonds.